The van der Waals surface area contributed by atoms with E-state index in [0.29, 0.717) is 0 Å². The number of likely N-dealkylation sites (tertiary alicyclic amines) is 1. The zero-order valence-electron chi connectivity index (χ0n) is 11.3. The molecule has 4 heteroatoms. The van der Waals surface area contributed by atoms with Gasteiger partial charge in [-0.1, -0.05) is 36.8 Å². The van der Waals surface area contributed by atoms with E-state index in [1.54, 1.807) is 0 Å². The number of hydrogen-bond donors (Lipinski definition) is 3. The summed E-state index contributed by atoms with van der Waals surface area (Å²) in [4.78, 5) is 2.28. The van der Waals surface area contributed by atoms with Crippen molar-refractivity contribution in [3.8, 4) is 0 Å². The fourth-order valence-electron chi connectivity index (χ4n) is 2.81. The molecule has 0 radical (unpaired) electrons. The zero-order chi connectivity index (χ0) is 13.7. The van der Waals surface area contributed by atoms with Crippen LogP contribution in [0.25, 0.3) is 0 Å². The van der Waals surface area contributed by atoms with Crippen molar-refractivity contribution in [2.45, 2.75) is 31.2 Å². The molecule has 2 unspecified atom stereocenters. The Labute approximate surface area is 114 Å². The van der Waals surface area contributed by atoms with Crippen LogP contribution in [0.1, 0.15) is 30.7 Å². The Morgan fingerprint density at radius 2 is 2.11 bits per heavy atom. The van der Waals surface area contributed by atoms with E-state index in [1.165, 1.54) is 6.42 Å². The van der Waals surface area contributed by atoms with Gasteiger partial charge in [0, 0.05) is 12.6 Å². The summed E-state index contributed by atoms with van der Waals surface area (Å²) in [6, 6.07) is 10.2. The van der Waals surface area contributed by atoms with E-state index in [-0.39, 0.29) is 24.4 Å². The van der Waals surface area contributed by atoms with Crippen molar-refractivity contribution in [1.29, 1.82) is 5.41 Å². The lowest BCUT2D eigenvalue weighted by molar-refractivity contribution is 0.0891. The number of nitrogens with one attached hydrogen (secondary N) is 1. The Morgan fingerprint density at radius 3 is 2.74 bits per heavy atom. The van der Waals surface area contributed by atoms with Gasteiger partial charge in [0.1, 0.15) is 0 Å². The van der Waals surface area contributed by atoms with Gasteiger partial charge >= 0.3 is 0 Å². The van der Waals surface area contributed by atoms with Crippen LogP contribution in [0.4, 0.5) is 0 Å². The standard InChI is InChI=1S/C15H23N3O/c16-15(17)14(12-6-2-1-3-7-12)10-18-9-5-4-8-13(18)11-19/h1-3,6-7,13-14,19H,4-5,8-11H2,(H3,16,17). The topological polar surface area (TPSA) is 73.3 Å². The van der Waals surface area contributed by atoms with Crippen LogP contribution in [-0.2, 0) is 0 Å². The summed E-state index contributed by atoms with van der Waals surface area (Å²) in [6.07, 6.45) is 3.38. The highest BCUT2D eigenvalue weighted by Gasteiger charge is 2.26. The van der Waals surface area contributed by atoms with Crippen molar-refractivity contribution in [2.75, 3.05) is 19.7 Å². The van der Waals surface area contributed by atoms with E-state index in [9.17, 15) is 5.11 Å². The van der Waals surface area contributed by atoms with Crippen molar-refractivity contribution in [3.63, 3.8) is 0 Å². The molecule has 1 aromatic rings. The Morgan fingerprint density at radius 1 is 1.37 bits per heavy atom. The number of rotatable bonds is 5. The summed E-state index contributed by atoms with van der Waals surface area (Å²) < 4.78 is 0. The number of benzene rings is 1. The lowest BCUT2D eigenvalue weighted by Crippen LogP contribution is -2.45. The summed E-state index contributed by atoms with van der Waals surface area (Å²) in [6.45, 7) is 1.91. The van der Waals surface area contributed by atoms with Gasteiger partial charge in [-0.3, -0.25) is 10.3 Å². The highest BCUT2D eigenvalue weighted by molar-refractivity contribution is 5.84. The van der Waals surface area contributed by atoms with Crippen LogP contribution in [0.3, 0.4) is 0 Å². The number of piperidine rings is 1. The molecule has 0 aliphatic carbocycles. The Kier molecular flexibility index (Phi) is 4.93. The number of nitrogens with zero attached hydrogens (tertiary/aromatic N) is 1. The average molecular weight is 261 g/mol. The smallest absolute Gasteiger partial charge is 0.0995 e. The lowest BCUT2D eigenvalue weighted by atomic mass is 9.94. The minimum absolute atomic E-state index is 0.0756. The van der Waals surface area contributed by atoms with Crippen molar-refractivity contribution >= 4 is 5.84 Å². The minimum Gasteiger partial charge on any atom is -0.395 e. The lowest BCUT2D eigenvalue weighted by Gasteiger charge is -2.36. The number of nitrogens with two attached hydrogens (primary N) is 1. The highest BCUT2D eigenvalue weighted by atomic mass is 16.3. The molecular weight excluding hydrogens is 238 g/mol. The molecule has 1 aromatic carbocycles. The summed E-state index contributed by atoms with van der Waals surface area (Å²) >= 11 is 0. The van der Waals surface area contributed by atoms with Gasteiger partial charge in [0.05, 0.1) is 18.4 Å². The van der Waals surface area contributed by atoms with E-state index in [4.69, 9.17) is 11.1 Å². The SMILES string of the molecule is N=C(N)C(CN1CCCCC1CO)c1ccccc1. The van der Waals surface area contributed by atoms with Crippen LogP contribution >= 0.6 is 0 Å². The summed E-state index contributed by atoms with van der Waals surface area (Å²) in [5, 5.41) is 17.3. The van der Waals surface area contributed by atoms with Crippen LogP contribution in [0.15, 0.2) is 30.3 Å². The molecule has 2 rings (SSSR count). The maximum absolute atomic E-state index is 9.46. The summed E-state index contributed by atoms with van der Waals surface area (Å²) in [5.41, 5.74) is 6.85. The molecule has 1 saturated heterocycles. The molecule has 4 N–H and O–H groups in total. The quantitative estimate of drug-likeness (QED) is 0.556. The molecule has 2 atom stereocenters. The maximum atomic E-state index is 9.46. The van der Waals surface area contributed by atoms with Gasteiger partial charge in [-0.15, -0.1) is 0 Å². The van der Waals surface area contributed by atoms with Crippen molar-refractivity contribution < 1.29 is 5.11 Å². The third-order valence-electron chi connectivity index (χ3n) is 3.95. The number of hydrogen-bond acceptors (Lipinski definition) is 3. The van der Waals surface area contributed by atoms with E-state index >= 15 is 0 Å². The minimum atomic E-state index is -0.0756. The predicted octanol–water partition coefficient (Wildman–Crippen LogP) is 1.55. The van der Waals surface area contributed by atoms with Crippen molar-refractivity contribution in [2.24, 2.45) is 5.73 Å². The largest absolute Gasteiger partial charge is 0.395 e. The van der Waals surface area contributed by atoms with Crippen molar-refractivity contribution in [3.05, 3.63) is 35.9 Å². The van der Waals surface area contributed by atoms with Crippen LogP contribution in [0.5, 0.6) is 0 Å². The first-order valence-electron chi connectivity index (χ1n) is 6.96. The molecule has 0 saturated carbocycles. The molecule has 1 heterocycles. The Hall–Kier alpha value is -1.39. The molecule has 104 valence electrons. The van der Waals surface area contributed by atoms with Gasteiger partial charge < -0.3 is 10.8 Å². The first kappa shape index (κ1) is 14.0. The fraction of sp³-hybridized carbons (Fsp3) is 0.533. The maximum Gasteiger partial charge on any atom is 0.0995 e. The first-order chi connectivity index (χ1) is 9.22. The van der Waals surface area contributed by atoms with Crippen LogP contribution in [0, 0.1) is 5.41 Å². The highest BCUT2D eigenvalue weighted by Crippen LogP contribution is 2.22. The van der Waals surface area contributed by atoms with Gasteiger partial charge in [0.15, 0.2) is 0 Å². The molecule has 0 bridgehead atoms. The molecule has 19 heavy (non-hydrogen) atoms. The van der Waals surface area contributed by atoms with Crippen LogP contribution < -0.4 is 5.73 Å². The second-order valence-electron chi connectivity index (χ2n) is 5.25. The molecule has 0 aromatic heterocycles. The monoisotopic (exact) mass is 261 g/mol. The number of aliphatic hydroxyl groups is 1. The average Bonchev–Trinajstić information content (AvgIpc) is 2.45. The third kappa shape index (κ3) is 3.55. The normalized spacial score (nSPS) is 22.1. The first-order valence-corrected chi connectivity index (χ1v) is 6.96. The van der Waals surface area contributed by atoms with Gasteiger partial charge in [0.25, 0.3) is 0 Å². The fourth-order valence-corrected chi connectivity index (χ4v) is 2.81. The van der Waals surface area contributed by atoms with Crippen molar-refractivity contribution in [1.82, 2.24) is 4.90 Å². The molecule has 0 amide bonds. The van der Waals surface area contributed by atoms with E-state index in [2.05, 4.69) is 4.90 Å². The van der Waals surface area contributed by atoms with Gasteiger partial charge in [-0.25, -0.2) is 0 Å². The van der Waals surface area contributed by atoms with E-state index < -0.39 is 0 Å². The molecule has 4 nitrogen and oxygen atoms in total. The molecule has 1 aliphatic heterocycles. The number of aliphatic hydroxyl groups excluding tert-OH is 1. The molecule has 0 spiro atoms. The molecule has 1 aliphatic rings. The second-order valence-corrected chi connectivity index (χ2v) is 5.25. The summed E-state index contributed by atoms with van der Waals surface area (Å²) in [5.74, 6) is 0.127. The van der Waals surface area contributed by atoms with Gasteiger partial charge in [-0.2, -0.15) is 0 Å². The summed E-state index contributed by atoms with van der Waals surface area (Å²) in [7, 11) is 0. The van der Waals surface area contributed by atoms with Crippen LogP contribution in [-0.4, -0.2) is 41.6 Å². The third-order valence-corrected chi connectivity index (χ3v) is 3.95. The number of amidine groups is 1. The molecular formula is C15H23N3O. The van der Waals surface area contributed by atoms with Gasteiger partial charge in [-0.05, 0) is 24.9 Å². The molecule has 1 fully saturated rings. The second kappa shape index (κ2) is 6.68. The van der Waals surface area contributed by atoms with Crippen LogP contribution in [0.2, 0.25) is 0 Å². The predicted molar refractivity (Wildman–Crippen MR) is 77.4 cm³/mol. The van der Waals surface area contributed by atoms with E-state index in [1.807, 2.05) is 30.3 Å². The van der Waals surface area contributed by atoms with E-state index in [0.717, 1.165) is 31.5 Å². The zero-order valence-corrected chi connectivity index (χ0v) is 11.3. The van der Waals surface area contributed by atoms with Gasteiger partial charge in [0.2, 0.25) is 0 Å². The Balaban J connectivity index is 2.10. The Bertz CT molecular complexity index is 407.